The molecule has 16 heavy (non-hydrogen) atoms. The highest BCUT2D eigenvalue weighted by atomic mass is 19.1. The van der Waals surface area contributed by atoms with Gasteiger partial charge in [-0.2, -0.15) is 0 Å². The molecule has 0 aromatic heterocycles. The molecule has 3 heteroatoms. The summed E-state index contributed by atoms with van der Waals surface area (Å²) in [4.78, 5) is 0. The molecule has 0 radical (unpaired) electrons. The minimum Gasteiger partial charge on any atom is -0.325 e. The second-order valence-electron chi connectivity index (χ2n) is 5.09. The first-order valence-corrected chi connectivity index (χ1v) is 5.72. The van der Waals surface area contributed by atoms with E-state index in [1.54, 1.807) is 0 Å². The number of hydrogen-bond donors (Lipinski definition) is 1. The van der Waals surface area contributed by atoms with E-state index in [4.69, 9.17) is 5.73 Å². The Hall–Kier alpha value is -0.960. The molecule has 1 aliphatic carbocycles. The van der Waals surface area contributed by atoms with Gasteiger partial charge in [-0.25, -0.2) is 8.78 Å². The molecule has 0 amide bonds. The number of rotatable bonds is 2. The fourth-order valence-electron chi connectivity index (χ4n) is 2.65. The average molecular weight is 225 g/mol. The van der Waals surface area contributed by atoms with Gasteiger partial charge < -0.3 is 5.73 Å². The molecule has 2 unspecified atom stereocenters. The van der Waals surface area contributed by atoms with Gasteiger partial charge in [0.05, 0.1) is 0 Å². The monoisotopic (exact) mass is 225 g/mol. The van der Waals surface area contributed by atoms with E-state index in [1.807, 2.05) is 0 Å². The molecular formula is C13H17F2N. The predicted molar refractivity (Wildman–Crippen MR) is 60.0 cm³/mol. The van der Waals surface area contributed by atoms with Crippen molar-refractivity contribution in [3.8, 4) is 0 Å². The van der Waals surface area contributed by atoms with E-state index in [0.29, 0.717) is 12.3 Å². The maximum atomic E-state index is 13.5. The maximum Gasteiger partial charge on any atom is 0.129 e. The third kappa shape index (κ3) is 2.24. The van der Waals surface area contributed by atoms with Crippen LogP contribution in [0.2, 0.25) is 0 Å². The number of hydrogen-bond acceptors (Lipinski definition) is 1. The van der Waals surface area contributed by atoms with Crippen LogP contribution in [-0.2, 0) is 6.42 Å². The van der Waals surface area contributed by atoms with Crippen LogP contribution in [0, 0.1) is 17.6 Å². The summed E-state index contributed by atoms with van der Waals surface area (Å²) in [5.74, 6) is -0.409. The molecule has 1 aliphatic rings. The number of benzene rings is 1. The quantitative estimate of drug-likeness (QED) is 0.822. The van der Waals surface area contributed by atoms with Gasteiger partial charge in [-0.05, 0) is 43.7 Å². The fraction of sp³-hybridized carbons (Fsp3) is 0.538. The van der Waals surface area contributed by atoms with Crippen molar-refractivity contribution in [3.05, 3.63) is 35.4 Å². The highest BCUT2D eigenvalue weighted by Crippen LogP contribution is 2.35. The SMILES string of the molecule is CC1CCC(N)(Cc2c(F)cccc2F)C1. The van der Waals surface area contributed by atoms with Crippen molar-refractivity contribution in [2.75, 3.05) is 0 Å². The zero-order valence-electron chi connectivity index (χ0n) is 9.47. The van der Waals surface area contributed by atoms with Gasteiger partial charge in [-0.1, -0.05) is 13.0 Å². The molecule has 0 bridgehead atoms. The van der Waals surface area contributed by atoms with Gasteiger partial charge in [0, 0.05) is 11.1 Å². The van der Waals surface area contributed by atoms with Crippen LogP contribution in [0.15, 0.2) is 18.2 Å². The summed E-state index contributed by atoms with van der Waals surface area (Å²) >= 11 is 0. The molecule has 1 nitrogen and oxygen atoms in total. The van der Waals surface area contributed by atoms with E-state index in [1.165, 1.54) is 18.2 Å². The molecule has 0 spiro atoms. The lowest BCUT2D eigenvalue weighted by atomic mass is 9.89. The van der Waals surface area contributed by atoms with Crippen LogP contribution in [0.25, 0.3) is 0 Å². The summed E-state index contributed by atoms with van der Waals surface area (Å²) in [6, 6.07) is 3.97. The summed E-state index contributed by atoms with van der Waals surface area (Å²) < 4.78 is 27.0. The molecule has 2 atom stereocenters. The smallest absolute Gasteiger partial charge is 0.129 e. The van der Waals surface area contributed by atoms with Crippen LogP contribution in [0.4, 0.5) is 8.78 Å². The van der Waals surface area contributed by atoms with E-state index in [-0.39, 0.29) is 5.56 Å². The Bertz CT molecular complexity index is 371. The second kappa shape index (κ2) is 4.13. The molecule has 2 rings (SSSR count). The minimum absolute atomic E-state index is 0.138. The Kier molecular flexibility index (Phi) is 2.98. The molecule has 2 N–H and O–H groups in total. The van der Waals surface area contributed by atoms with Crippen molar-refractivity contribution in [1.29, 1.82) is 0 Å². The fourth-order valence-corrected chi connectivity index (χ4v) is 2.65. The van der Waals surface area contributed by atoms with Crippen LogP contribution in [0.1, 0.15) is 31.7 Å². The molecule has 0 heterocycles. The Balaban J connectivity index is 2.21. The molecule has 88 valence electrons. The van der Waals surface area contributed by atoms with Gasteiger partial charge in [0.2, 0.25) is 0 Å². The second-order valence-corrected chi connectivity index (χ2v) is 5.09. The third-order valence-corrected chi connectivity index (χ3v) is 3.48. The van der Waals surface area contributed by atoms with E-state index in [9.17, 15) is 8.78 Å². The first-order valence-electron chi connectivity index (χ1n) is 5.72. The Morgan fingerprint density at radius 3 is 2.50 bits per heavy atom. The van der Waals surface area contributed by atoms with E-state index in [0.717, 1.165) is 19.3 Å². The van der Waals surface area contributed by atoms with E-state index >= 15 is 0 Å². The third-order valence-electron chi connectivity index (χ3n) is 3.48. The largest absolute Gasteiger partial charge is 0.325 e. The number of nitrogens with two attached hydrogens (primary N) is 1. The number of halogens is 2. The average Bonchev–Trinajstić information content (AvgIpc) is 2.53. The molecular weight excluding hydrogens is 208 g/mol. The molecule has 1 saturated carbocycles. The molecule has 1 fully saturated rings. The first-order chi connectivity index (χ1) is 7.50. The molecule has 1 aromatic rings. The van der Waals surface area contributed by atoms with Gasteiger partial charge in [0.15, 0.2) is 0 Å². The van der Waals surface area contributed by atoms with E-state index in [2.05, 4.69) is 6.92 Å². The lowest BCUT2D eigenvalue weighted by Gasteiger charge is -2.24. The van der Waals surface area contributed by atoms with Gasteiger partial charge in [-0.15, -0.1) is 0 Å². The first kappa shape index (κ1) is 11.5. The zero-order chi connectivity index (χ0) is 11.8. The standard InChI is InChI=1S/C13H17F2N/c1-9-5-6-13(16,7-9)8-10-11(14)3-2-4-12(10)15/h2-4,9H,5-8,16H2,1H3. The van der Waals surface area contributed by atoms with Gasteiger partial charge >= 0.3 is 0 Å². The van der Waals surface area contributed by atoms with Crippen LogP contribution in [-0.4, -0.2) is 5.54 Å². The van der Waals surface area contributed by atoms with Crippen molar-refractivity contribution < 1.29 is 8.78 Å². The highest BCUT2D eigenvalue weighted by molar-refractivity contribution is 5.22. The molecule has 1 aromatic carbocycles. The van der Waals surface area contributed by atoms with Crippen molar-refractivity contribution in [2.24, 2.45) is 11.7 Å². The summed E-state index contributed by atoms with van der Waals surface area (Å²) in [5.41, 5.74) is 5.90. The van der Waals surface area contributed by atoms with Crippen LogP contribution in [0.5, 0.6) is 0 Å². The van der Waals surface area contributed by atoms with Gasteiger partial charge in [0.1, 0.15) is 11.6 Å². The summed E-state index contributed by atoms with van der Waals surface area (Å²) in [6.07, 6.45) is 3.05. The van der Waals surface area contributed by atoms with Crippen molar-refractivity contribution in [3.63, 3.8) is 0 Å². The van der Waals surface area contributed by atoms with Crippen LogP contribution in [0.3, 0.4) is 0 Å². The van der Waals surface area contributed by atoms with Crippen LogP contribution >= 0.6 is 0 Å². The Morgan fingerprint density at radius 2 is 2.00 bits per heavy atom. The lowest BCUT2D eigenvalue weighted by Crippen LogP contribution is -2.39. The summed E-state index contributed by atoms with van der Waals surface area (Å²) in [7, 11) is 0. The van der Waals surface area contributed by atoms with Crippen molar-refractivity contribution in [2.45, 2.75) is 38.1 Å². The van der Waals surface area contributed by atoms with Crippen molar-refractivity contribution >= 4 is 0 Å². The lowest BCUT2D eigenvalue weighted by molar-refractivity contribution is 0.401. The van der Waals surface area contributed by atoms with Crippen molar-refractivity contribution in [1.82, 2.24) is 0 Å². The summed E-state index contributed by atoms with van der Waals surface area (Å²) in [5, 5.41) is 0. The summed E-state index contributed by atoms with van der Waals surface area (Å²) in [6.45, 7) is 2.13. The Labute approximate surface area is 94.7 Å². The zero-order valence-corrected chi connectivity index (χ0v) is 9.47. The van der Waals surface area contributed by atoms with Gasteiger partial charge in [-0.3, -0.25) is 0 Å². The van der Waals surface area contributed by atoms with Gasteiger partial charge in [0.25, 0.3) is 0 Å². The highest BCUT2D eigenvalue weighted by Gasteiger charge is 2.35. The molecule has 0 saturated heterocycles. The normalized spacial score (nSPS) is 29.6. The van der Waals surface area contributed by atoms with Crippen LogP contribution < -0.4 is 5.73 Å². The van der Waals surface area contributed by atoms with E-state index < -0.39 is 17.2 Å². The Morgan fingerprint density at radius 1 is 1.38 bits per heavy atom. The minimum atomic E-state index is -0.482. The maximum absolute atomic E-state index is 13.5. The molecule has 0 aliphatic heterocycles. The predicted octanol–water partition coefficient (Wildman–Crippen LogP) is 3.02. The topological polar surface area (TPSA) is 26.0 Å².